The van der Waals surface area contributed by atoms with Gasteiger partial charge in [-0.05, 0) is 25.7 Å². The minimum Gasteiger partial charge on any atom is -0.308 e. The van der Waals surface area contributed by atoms with Crippen LogP contribution in [0.25, 0.3) is 0 Å². The molecule has 22 heavy (non-hydrogen) atoms. The first-order valence-corrected chi connectivity index (χ1v) is 8.20. The number of amides is 2. The summed E-state index contributed by atoms with van der Waals surface area (Å²) in [4.78, 5) is 35.6. The Labute approximate surface area is 155 Å². The number of Topliss-reactive ketones (excluding diaryl/α,β-unsaturated/α-hetero) is 1. The topological polar surface area (TPSA) is 63.2 Å². The van der Waals surface area contributed by atoms with Crippen molar-refractivity contribution in [3.05, 3.63) is 32.9 Å². The van der Waals surface area contributed by atoms with E-state index in [1.54, 1.807) is 0 Å². The number of ketones is 1. The maximum atomic E-state index is 12.6. The zero-order chi connectivity index (χ0) is 15.0. The third-order valence-electron chi connectivity index (χ3n) is 4.29. The van der Waals surface area contributed by atoms with Crippen LogP contribution in [-0.4, -0.2) is 17.6 Å². The van der Waals surface area contributed by atoms with Crippen LogP contribution in [0.2, 0.25) is 0 Å². The molecular formula is C16H15ILiNO3. The first kappa shape index (κ1) is 17.7. The van der Waals surface area contributed by atoms with Gasteiger partial charge >= 0.3 is 18.9 Å². The van der Waals surface area contributed by atoms with Gasteiger partial charge in [0, 0.05) is 18.3 Å². The average Bonchev–Trinajstić information content (AvgIpc) is 2.45. The minimum atomic E-state index is -0.223. The Morgan fingerprint density at radius 1 is 1.18 bits per heavy atom. The van der Waals surface area contributed by atoms with Crippen LogP contribution in [0.4, 0.5) is 0 Å². The third kappa shape index (κ3) is 3.64. The van der Waals surface area contributed by atoms with E-state index in [0.29, 0.717) is 19.3 Å². The molecule has 3 rings (SSSR count). The van der Waals surface area contributed by atoms with E-state index in [1.807, 2.05) is 12.1 Å². The van der Waals surface area contributed by atoms with Crippen LogP contribution in [0.1, 0.15) is 41.6 Å². The van der Waals surface area contributed by atoms with Gasteiger partial charge in [0.1, 0.15) is 5.78 Å². The summed E-state index contributed by atoms with van der Waals surface area (Å²) in [5, 5.41) is 2.37. The number of piperidine rings is 1. The van der Waals surface area contributed by atoms with Crippen LogP contribution in [-0.2, 0) is 16.0 Å². The molecule has 1 aliphatic carbocycles. The third-order valence-corrected chi connectivity index (χ3v) is 4.92. The van der Waals surface area contributed by atoms with Gasteiger partial charge in [0.05, 0.1) is 0 Å². The predicted octanol–water partition coefficient (Wildman–Crippen LogP) is -0.717. The number of fused-ring (bicyclic) bond motifs is 1. The van der Waals surface area contributed by atoms with Gasteiger partial charge in [-0.3, -0.25) is 14.9 Å². The van der Waals surface area contributed by atoms with Crippen LogP contribution in [0.5, 0.6) is 0 Å². The van der Waals surface area contributed by atoms with Crippen molar-refractivity contribution in [2.24, 2.45) is 11.8 Å². The van der Waals surface area contributed by atoms with Crippen molar-refractivity contribution in [3.8, 4) is 0 Å². The standard InChI is InChI=1S/C16H15INO3.Li/c17-12-5-3-9-1-2-10(15(20)13(9)8-12)7-11-4-6-14(19)18-16(11)21;/h5,8,10-11H,1-2,4,6-7H2,(H,18,19,21);/q-1;+1. The molecule has 1 N–H and O–H groups in total. The molecule has 1 fully saturated rings. The number of imide groups is 1. The number of aryl methyl sites for hydroxylation is 1. The van der Waals surface area contributed by atoms with Gasteiger partial charge in [0.15, 0.2) is 0 Å². The number of rotatable bonds is 2. The van der Waals surface area contributed by atoms with Crippen LogP contribution in [0, 0.1) is 21.5 Å². The molecule has 2 aliphatic rings. The van der Waals surface area contributed by atoms with Crippen molar-refractivity contribution >= 4 is 40.2 Å². The smallest absolute Gasteiger partial charge is 0.308 e. The van der Waals surface area contributed by atoms with E-state index in [-0.39, 0.29) is 48.3 Å². The van der Waals surface area contributed by atoms with Gasteiger partial charge in [-0.2, -0.15) is 17.7 Å². The Bertz CT molecular complexity index is 632. The maximum absolute atomic E-state index is 12.6. The molecule has 0 saturated carbocycles. The molecule has 0 radical (unpaired) electrons. The fourth-order valence-electron chi connectivity index (χ4n) is 3.13. The molecule has 2 unspecified atom stereocenters. The summed E-state index contributed by atoms with van der Waals surface area (Å²) in [7, 11) is 0. The normalized spacial score (nSPS) is 24.3. The quantitative estimate of drug-likeness (QED) is 0.307. The van der Waals surface area contributed by atoms with Gasteiger partial charge in [0.25, 0.3) is 0 Å². The number of carbonyl (C=O) groups excluding carboxylic acids is 3. The van der Waals surface area contributed by atoms with Crippen molar-refractivity contribution in [3.63, 3.8) is 0 Å². The Hall–Kier alpha value is -0.643. The predicted molar refractivity (Wildman–Crippen MR) is 84.6 cm³/mol. The number of nitrogens with one attached hydrogen (secondary N) is 1. The monoisotopic (exact) mass is 403 g/mol. The van der Waals surface area contributed by atoms with Crippen molar-refractivity contribution in [1.82, 2.24) is 5.32 Å². The molecule has 2 amide bonds. The molecule has 1 aromatic carbocycles. The molecule has 1 heterocycles. The fourth-order valence-corrected chi connectivity index (χ4v) is 3.60. The van der Waals surface area contributed by atoms with Gasteiger partial charge in [-0.1, -0.05) is 9.13 Å². The number of carbonyl (C=O) groups is 3. The first-order chi connectivity index (χ1) is 10.0. The molecule has 2 atom stereocenters. The summed E-state index contributed by atoms with van der Waals surface area (Å²) in [6.07, 6.45) is 3.07. The zero-order valence-corrected chi connectivity index (χ0v) is 14.6. The summed E-state index contributed by atoms with van der Waals surface area (Å²) < 4.78 is 1.00. The summed E-state index contributed by atoms with van der Waals surface area (Å²) in [5.74, 6) is -0.645. The molecule has 0 aromatic heterocycles. The Morgan fingerprint density at radius 2 is 1.91 bits per heavy atom. The molecule has 1 aliphatic heterocycles. The number of benzene rings is 1. The van der Waals surface area contributed by atoms with Crippen LogP contribution < -0.4 is 24.2 Å². The summed E-state index contributed by atoms with van der Waals surface area (Å²) in [5.41, 5.74) is 1.74. The van der Waals surface area contributed by atoms with E-state index in [9.17, 15) is 14.4 Å². The molecule has 0 spiro atoms. The second-order valence-electron chi connectivity index (χ2n) is 5.69. The van der Waals surface area contributed by atoms with Gasteiger partial charge in [-0.15, -0.1) is 28.7 Å². The Kier molecular flexibility index (Phi) is 5.86. The van der Waals surface area contributed by atoms with Gasteiger partial charge in [0.2, 0.25) is 11.8 Å². The average molecular weight is 403 g/mol. The molecule has 0 bridgehead atoms. The van der Waals surface area contributed by atoms with E-state index in [0.717, 1.165) is 27.5 Å². The van der Waals surface area contributed by atoms with Gasteiger partial charge < -0.3 is 4.79 Å². The molecule has 6 heteroatoms. The Balaban J connectivity index is 0.00000176. The van der Waals surface area contributed by atoms with Crippen molar-refractivity contribution in [2.45, 2.75) is 32.1 Å². The molecule has 1 saturated heterocycles. The van der Waals surface area contributed by atoms with E-state index in [1.165, 1.54) is 0 Å². The zero-order valence-electron chi connectivity index (χ0n) is 12.4. The van der Waals surface area contributed by atoms with E-state index >= 15 is 0 Å². The Morgan fingerprint density at radius 3 is 2.64 bits per heavy atom. The number of hydrogen-bond acceptors (Lipinski definition) is 3. The van der Waals surface area contributed by atoms with Crippen molar-refractivity contribution in [1.29, 1.82) is 0 Å². The van der Waals surface area contributed by atoms with Crippen LogP contribution in [0.3, 0.4) is 0 Å². The van der Waals surface area contributed by atoms with Gasteiger partial charge in [-0.25, -0.2) is 0 Å². The maximum Gasteiger partial charge on any atom is 1.00 e. The fraction of sp³-hybridized carbons (Fsp3) is 0.438. The van der Waals surface area contributed by atoms with E-state index in [2.05, 4.69) is 34.0 Å². The van der Waals surface area contributed by atoms with Crippen LogP contribution >= 0.6 is 22.6 Å². The molecule has 1 aromatic rings. The largest absolute Gasteiger partial charge is 1.00 e. The summed E-state index contributed by atoms with van der Waals surface area (Å²) in [6, 6.07) is 6.98. The van der Waals surface area contributed by atoms with Crippen molar-refractivity contribution < 1.29 is 33.2 Å². The first-order valence-electron chi connectivity index (χ1n) is 7.12. The minimum absolute atomic E-state index is 0. The molecule has 110 valence electrons. The SMILES string of the molecule is O=C1CCC(CC2CCc3[c-]cc(I)cc3C2=O)C(=O)N1.[Li+]. The number of hydrogen-bond donors (Lipinski definition) is 1. The van der Waals surface area contributed by atoms with E-state index in [4.69, 9.17) is 0 Å². The molecular weight excluding hydrogens is 388 g/mol. The number of halogens is 1. The van der Waals surface area contributed by atoms with Crippen LogP contribution in [0.15, 0.2) is 12.1 Å². The van der Waals surface area contributed by atoms with Crippen molar-refractivity contribution in [2.75, 3.05) is 0 Å². The molecule has 4 nitrogen and oxygen atoms in total. The summed E-state index contributed by atoms with van der Waals surface area (Å²) >= 11 is 2.18. The second-order valence-corrected chi connectivity index (χ2v) is 6.94. The summed E-state index contributed by atoms with van der Waals surface area (Å²) in [6.45, 7) is 0. The second kappa shape index (κ2) is 7.29. The van der Waals surface area contributed by atoms with E-state index < -0.39 is 0 Å².